The van der Waals surface area contributed by atoms with Gasteiger partial charge in [-0.3, -0.25) is 4.99 Å². The highest BCUT2D eigenvalue weighted by atomic mass is 35.5. The number of piperidine rings is 1. The van der Waals surface area contributed by atoms with E-state index in [0.29, 0.717) is 6.04 Å². The fourth-order valence-corrected chi connectivity index (χ4v) is 4.24. The summed E-state index contributed by atoms with van der Waals surface area (Å²) in [5, 5.41) is 17.2. The van der Waals surface area contributed by atoms with E-state index in [2.05, 4.69) is 22.9 Å². The molecule has 3 heterocycles. The zero-order valence-corrected chi connectivity index (χ0v) is 15.9. The molecule has 0 amide bonds. The summed E-state index contributed by atoms with van der Waals surface area (Å²) >= 11 is 6.02. The molecule has 1 N–H and O–H groups in total. The van der Waals surface area contributed by atoms with Gasteiger partial charge in [-0.25, -0.2) is 5.01 Å². The van der Waals surface area contributed by atoms with E-state index in [0.717, 1.165) is 53.6 Å². The molecule has 0 bridgehead atoms. The van der Waals surface area contributed by atoms with Gasteiger partial charge in [-0.05, 0) is 50.3 Å². The van der Waals surface area contributed by atoms with Crippen molar-refractivity contribution in [2.24, 2.45) is 10.1 Å². The van der Waals surface area contributed by atoms with E-state index in [1.165, 1.54) is 12.8 Å². The van der Waals surface area contributed by atoms with Crippen LogP contribution in [0, 0.1) is 0 Å². The van der Waals surface area contributed by atoms with Gasteiger partial charge in [0.05, 0.1) is 5.71 Å². The summed E-state index contributed by atoms with van der Waals surface area (Å²) in [6, 6.07) is 8.24. The first kappa shape index (κ1) is 17.6. The van der Waals surface area contributed by atoms with Gasteiger partial charge in [-0.15, -0.1) is 0 Å². The second kappa shape index (κ2) is 7.41. The van der Waals surface area contributed by atoms with E-state index >= 15 is 0 Å². The number of aliphatic imine (C=N–C) groups is 1. The van der Waals surface area contributed by atoms with Crippen LogP contribution in [-0.2, 0) is 0 Å². The minimum atomic E-state index is 0.0254. The lowest BCUT2D eigenvalue weighted by molar-refractivity contribution is 0.0987. The van der Waals surface area contributed by atoms with Crippen LogP contribution >= 0.6 is 11.6 Å². The largest absolute Gasteiger partial charge is 0.396 e. The standard InChI is InChI=1S/C20H25ClN4O/c1-14-12-20(24-10-3-2-4-17(24)9-11-26)25-19(22-14)13-18(23-25)15-5-7-16(21)8-6-15/h5-8,12,17,19,26H,2-4,9-11,13H2,1H3/t17?,19-/m1/s1. The Morgan fingerprint density at radius 3 is 2.81 bits per heavy atom. The van der Waals surface area contributed by atoms with Crippen molar-refractivity contribution in [3.8, 4) is 0 Å². The lowest BCUT2D eigenvalue weighted by atomic mass is 9.99. The quantitative estimate of drug-likeness (QED) is 0.878. The predicted molar refractivity (Wildman–Crippen MR) is 105 cm³/mol. The summed E-state index contributed by atoms with van der Waals surface area (Å²) in [7, 11) is 0. The molecule has 3 aliphatic heterocycles. The zero-order chi connectivity index (χ0) is 18.1. The Balaban J connectivity index is 1.64. The van der Waals surface area contributed by atoms with Crippen molar-refractivity contribution in [2.45, 2.75) is 51.2 Å². The molecule has 1 aromatic rings. The number of benzene rings is 1. The third-order valence-corrected chi connectivity index (χ3v) is 5.63. The number of hydrazone groups is 1. The van der Waals surface area contributed by atoms with Gasteiger partial charge < -0.3 is 10.0 Å². The van der Waals surface area contributed by atoms with Crippen LogP contribution < -0.4 is 0 Å². The van der Waals surface area contributed by atoms with Gasteiger partial charge in [-0.1, -0.05) is 23.7 Å². The van der Waals surface area contributed by atoms with Gasteiger partial charge >= 0.3 is 0 Å². The third-order valence-electron chi connectivity index (χ3n) is 5.37. The van der Waals surface area contributed by atoms with E-state index in [-0.39, 0.29) is 12.8 Å². The molecule has 1 unspecified atom stereocenters. The molecule has 138 valence electrons. The highest BCUT2D eigenvalue weighted by molar-refractivity contribution is 6.30. The Kier molecular flexibility index (Phi) is 5.00. The van der Waals surface area contributed by atoms with Gasteiger partial charge in [0, 0.05) is 42.4 Å². The molecule has 1 saturated heterocycles. The normalized spacial score (nSPS) is 25.6. The number of aliphatic hydroxyl groups excluding tert-OH is 1. The van der Waals surface area contributed by atoms with Crippen LogP contribution in [-0.4, -0.2) is 51.8 Å². The van der Waals surface area contributed by atoms with E-state index in [1.54, 1.807) is 0 Å². The molecule has 2 atom stereocenters. The van der Waals surface area contributed by atoms with Gasteiger partial charge in [0.15, 0.2) is 0 Å². The first-order chi connectivity index (χ1) is 12.7. The maximum absolute atomic E-state index is 9.47. The van der Waals surface area contributed by atoms with Crippen molar-refractivity contribution in [3.63, 3.8) is 0 Å². The molecule has 1 aromatic carbocycles. The van der Waals surface area contributed by atoms with Crippen LogP contribution in [0.1, 0.15) is 44.6 Å². The summed E-state index contributed by atoms with van der Waals surface area (Å²) in [6.07, 6.45) is 7.30. The second-order valence-corrected chi connectivity index (χ2v) is 7.65. The Labute approximate surface area is 159 Å². The van der Waals surface area contributed by atoms with Crippen LogP contribution in [0.15, 0.2) is 46.3 Å². The number of aliphatic hydroxyl groups is 1. The SMILES string of the molecule is CC1=N[C@H]2CC(c3ccc(Cl)cc3)=NN2C(N2CCCCC2CCO)=C1. The number of nitrogens with zero attached hydrogens (tertiary/aromatic N) is 4. The fourth-order valence-electron chi connectivity index (χ4n) is 4.11. The molecule has 0 spiro atoms. The van der Waals surface area contributed by atoms with Crippen molar-refractivity contribution in [1.29, 1.82) is 0 Å². The van der Waals surface area contributed by atoms with Crippen LogP contribution in [0.25, 0.3) is 0 Å². The lowest BCUT2D eigenvalue weighted by Crippen LogP contribution is -2.46. The Hall–Kier alpha value is -1.85. The predicted octanol–water partition coefficient (Wildman–Crippen LogP) is 3.63. The van der Waals surface area contributed by atoms with Gasteiger partial charge in [0.2, 0.25) is 0 Å². The first-order valence-corrected chi connectivity index (χ1v) is 9.80. The molecule has 0 aliphatic carbocycles. The van der Waals surface area contributed by atoms with Gasteiger partial charge in [0.25, 0.3) is 0 Å². The minimum absolute atomic E-state index is 0.0254. The first-order valence-electron chi connectivity index (χ1n) is 9.42. The second-order valence-electron chi connectivity index (χ2n) is 7.21. The number of likely N-dealkylation sites (tertiary alicyclic amines) is 1. The van der Waals surface area contributed by atoms with E-state index in [9.17, 15) is 5.11 Å². The molecular weight excluding hydrogens is 348 g/mol. The van der Waals surface area contributed by atoms with Gasteiger partial charge in [-0.2, -0.15) is 5.10 Å². The maximum Gasteiger partial charge on any atom is 0.149 e. The van der Waals surface area contributed by atoms with E-state index < -0.39 is 0 Å². The number of hydrogen-bond donors (Lipinski definition) is 1. The lowest BCUT2D eigenvalue weighted by Gasteiger charge is -2.42. The summed E-state index contributed by atoms with van der Waals surface area (Å²) in [6.45, 7) is 3.30. The Morgan fingerprint density at radius 2 is 2.04 bits per heavy atom. The molecule has 0 saturated carbocycles. The third kappa shape index (κ3) is 3.38. The molecule has 4 rings (SSSR count). The number of halogens is 1. The molecule has 6 heteroatoms. The van der Waals surface area contributed by atoms with Crippen LogP contribution in [0.3, 0.4) is 0 Å². The fraction of sp³-hybridized carbons (Fsp3) is 0.500. The Morgan fingerprint density at radius 1 is 1.23 bits per heavy atom. The van der Waals surface area contributed by atoms with Crippen molar-refractivity contribution in [1.82, 2.24) is 9.91 Å². The molecule has 0 radical (unpaired) electrons. The van der Waals surface area contributed by atoms with Crippen molar-refractivity contribution >= 4 is 23.0 Å². The van der Waals surface area contributed by atoms with E-state index in [4.69, 9.17) is 21.7 Å². The maximum atomic E-state index is 9.47. The van der Waals surface area contributed by atoms with E-state index in [1.807, 2.05) is 24.3 Å². The molecule has 5 nitrogen and oxygen atoms in total. The minimum Gasteiger partial charge on any atom is -0.396 e. The monoisotopic (exact) mass is 372 g/mol. The van der Waals surface area contributed by atoms with Crippen LogP contribution in [0.5, 0.6) is 0 Å². The molecule has 1 fully saturated rings. The molecule has 0 aromatic heterocycles. The summed E-state index contributed by atoms with van der Waals surface area (Å²) < 4.78 is 0. The number of hydrogen-bond acceptors (Lipinski definition) is 5. The van der Waals surface area contributed by atoms with Crippen LogP contribution in [0.2, 0.25) is 5.02 Å². The van der Waals surface area contributed by atoms with Gasteiger partial charge in [0.1, 0.15) is 12.0 Å². The highest BCUT2D eigenvalue weighted by Gasteiger charge is 2.36. The number of fused-ring (bicyclic) bond motifs is 1. The average Bonchev–Trinajstić information content (AvgIpc) is 3.06. The Bertz CT molecular complexity index is 754. The number of rotatable bonds is 4. The molecule has 3 aliphatic rings. The van der Waals surface area contributed by atoms with Crippen molar-refractivity contribution < 1.29 is 5.11 Å². The highest BCUT2D eigenvalue weighted by Crippen LogP contribution is 2.33. The average molecular weight is 373 g/mol. The summed E-state index contributed by atoms with van der Waals surface area (Å²) in [4.78, 5) is 7.23. The smallest absolute Gasteiger partial charge is 0.149 e. The zero-order valence-electron chi connectivity index (χ0n) is 15.1. The summed E-state index contributed by atoms with van der Waals surface area (Å²) in [5.41, 5.74) is 3.19. The van der Waals surface area contributed by atoms with Crippen molar-refractivity contribution in [3.05, 3.63) is 46.7 Å². The summed E-state index contributed by atoms with van der Waals surface area (Å²) in [5.74, 6) is 1.13. The number of allylic oxidation sites excluding steroid dienone is 1. The molecular formula is C20H25ClN4O. The topological polar surface area (TPSA) is 51.4 Å². The van der Waals surface area contributed by atoms with Crippen molar-refractivity contribution in [2.75, 3.05) is 13.2 Å². The van der Waals surface area contributed by atoms with Crippen LogP contribution in [0.4, 0.5) is 0 Å². The molecule has 26 heavy (non-hydrogen) atoms.